The van der Waals surface area contributed by atoms with E-state index in [0.717, 1.165) is 18.8 Å². The number of imidazole rings is 1. The van der Waals surface area contributed by atoms with Crippen molar-refractivity contribution in [1.82, 2.24) is 20.2 Å². The Morgan fingerprint density at radius 2 is 2.21 bits per heavy atom. The first-order valence-electron chi connectivity index (χ1n) is 5.95. The number of alkyl halides is 3. The second kappa shape index (κ2) is 7.13. The number of nitrogens with zero attached hydrogens (tertiary/aromatic N) is 2. The lowest BCUT2D eigenvalue weighted by Crippen LogP contribution is -2.35. The van der Waals surface area contributed by atoms with Gasteiger partial charge in [0, 0.05) is 19.2 Å². The lowest BCUT2D eigenvalue weighted by atomic mass is 10.3. The Labute approximate surface area is 109 Å². The Balaban J connectivity index is 2.34. The van der Waals surface area contributed by atoms with Crippen molar-refractivity contribution in [3.05, 3.63) is 18.2 Å². The maximum absolute atomic E-state index is 11.9. The summed E-state index contributed by atoms with van der Waals surface area (Å²) in [4.78, 5) is 15.3. The lowest BCUT2D eigenvalue weighted by molar-refractivity contribution is -0.138. The van der Waals surface area contributed by atoms with Crippen LogP contribution in [0.4, 0.5) is 13.2 Å². The molecule has 8 heteroatoms. The molecule has 0 bridgehead atoms. The number of hydrogen-bond acceptors (Lipinski definition) is 3. The predicted molar refractivity (Wildman–Crippen MR) is 63.5 cm³/mol. The highest BCUT2D eigenvalue weighted by Crippen LogP contribution is 2.12. The third-order valence-corrected chi connectivity index (χ3v) is 2.31. The molecule has 108 valence electrons. The van der Waals surface area contributed by atoms with Crippen LogP contribution in [0.25, 0.3) is 0 Å². The zero-order valence-electron chi connectivity index (χ0n) is 10.6. The van der Waals surface area contributed by atoms with E-state index in [2.05, 4.69) is 10.3 Å². The van der Waals surface area contributed by atoms with E-state index in [4.69, 9.17) is 0 Å². The molecular formula is C11H17F3N4O. The van der Waals surface area contributed by atoms with E-state index >= 15 is 0 Å². The van der Waals surface area contributed by atoms with Crippen molar-refractivity contribution in [3.63, 3.8) is 0 Å². The van der Waals surface area contributed by atoms with Crippen LogP contribution in [0.2, 0.25) is 0 Å². The molecular weight excluding hydrogens is 261 g/mol. The highest BCUT2D eigenvalue weighted by molar-refractivity contribution is 5.75. The Bertz CT molecular complexity index is 403. The number of halogens is 3. The van der Waals surface area contributed by atoms with Crippen LogP contribution in [0.5, 0.6) is 0 Å². The van der Waals surface area contributed by atoms with Gasteiger partial charge < -0.3 is 15.2 Å². The molecule has 0 radical (unpaired) electrons. The summed E-state index contributed by atoms with van der Waals surface area (Å²) >= 11 is 0. The summed E-state index contributed by atoms with van der Waals surface area (Å²) in [6.45, 7) is 2.15. The summed E-state index contributed by atoms with van der Waals surface area (Å²) in [7, 11) is 0. The fourth-order valence-electron chi connectivity index (χ4n) is 1.44. The molecule has 1 heterocycles. The molecule has 0 unspecified atom stereocenters. The van der Waals surface area contributed by atoms with E-state index in [1.807, 2.05) is 12.2 Å². The van der Waals surface area contributed by atoms with Crippen LogP contribution in [-0.4, -0.2) is 41.3 Å². The number of amides is 1. The van der Waals surface area contributed by atoms with Gasteiger partial charge in [0.25, 0.3) is 0 Å². The Kier molecular flexibility index (Phi) is 5.81. The van der Waals surface area contributed by atoms with Gasteiger partial charge in [0.1, 0.15) is 13.1 Å². The van der Waals surface area contributed by atoms with E-state index in [0.29, 0.717) is 6.42 Å². The minimum Gasteiger partial charge on any atom is -0.345 e. The van der Waals surface area contributed by atoms with Crippen molar-refractivity contribution in [2.24, 2.45) is 0 Å². The zero-order chi connectivity index (χ0) is 14.3. The van der Waals surface area contributed by atoms with Crippen LogP contribution in [0.3, 0.4) is 0 Å². The fraction of sp³-hybridized carbons (Fsp3) is 0.636. The van der Waals surface area contributed by atoms with Crippen LogP contribution in [0.15, 0.2) is 12.5 Å². The highest BCUT2D eigenvalue weighted by atomic mass is 19.4. The van der Waals surface area contributed by atoms with Crippen molar-refractivity contribution in [2.75, 3.05) is 19.6 Å². The standard InChI is InChI=1S/C11H17F3N4O/c1-2-15-4-3-9-5-18(8-17-9)6-10(19)16-7-11(12,13)14/h5,8,15H,2-4,6-7H2,1H3,(H,16,19). The molecule has 1 aromatic heterocycles. The molecule has 0 aromatic carbocycles. The molecule has 1 aromatic rings. The average molecular weight is 278 g/mol. The van der Waals surface area contributed by atoms with Gasteiger partial charge in [-0.15, -0.1) is 0 Å². The molecule has 5 nitrogen and oxygen atoms in total. The van der Waals surface area contributed by atoms with E-state index in [9.17, 15) is 18.0 Å². The van der Waals surface area contributed by atoms with Gasteiger partial charge in [-0.05, 0) is 6.54 Å². The predicted octanol–water partition coefficient (Wildman–Crippen LogP) is 0.714. The van der Waals surface area contributed by atoms with Gasteiger partial charge in [0.05, 0.1) is 12.0 Å². The lowest BCUT2D eigenvalue weighted by Gasteiger charge is -2.08. The number of aromatic nitrogens is 2. The Hall–Kier alpha value is -1.57. The summed E-state index contributed by atoms with van der Waals surface area (Å²) < 4.78 is 37.1. The fourth-order valence-corrected chi connectivity index (χ4v) is 1.44. The monoisotopic (exact) mass is 278 g/mol. The van der Waals surface area contributed by atoms with Crippen LogP contribution in [-0.2, 0) is 17.8 Å². The van der Waals surface area contributed by atoms with Gasteiger partial charge in [-0.2, -0.15) is 13.2 Å². The molecule has 1 amide bonds. The molecule has 0 saturated carbocycles. The van der Waals surface area contributed by atoms with Gasteiger partial charge in [-0.1, -0.05) is 6.92 Å². The summed E-state index contributed by atoms with van der Waals surface area (Å²) in [6, 6.07) is 0. The van der Waals surface area contributed by atoms with Crippen LogP contribution >= 0.6 is 0 Å². The van der Waals surface area contributed by atoms with Crippen molar-refractivity contribution in [3.8, 4) is 0 Å². The number of likely N-dealkylation sites (N-methyl/N-ethyl adjacent to an activating group) is 1. The topological polar surface area (TPSA) is 59.0 Å². The molecule has 0 saturated heterocycles. The van der Waals surface area contributed by atoms with E-state index in [-0.39, 0.29) is 6.54 Å². The molecule has 19 heavy (non-hydrogen) atoms. The smallest absolute Gasteiger partial charge is 0.345 e. The van der Waals surface area contributed by atoms with Gasteiger partial charge >= 0.3 is 6.18 Å². The van der Waals surface area contributed by atoms with Crippen LogP contribution in [0, 0.1) is 0 Å². The first-order valence-corrected chi connectivity index (χ1v) is 5.95. The van der Waals surface area contributed by atoms with Gasteiger partial charge in [-0.25, -0.2) is 4.98 Å². The molecule has 0 aliphatic carbocycles. The second-order valence-electron chi connectivity index (χ2n) is 4.03. The summed E-state index contributed by atoms with van der Waals surface area (Å²) in [6.07, 6.45) is -0.578. The third kappa shape index (κ3) is 6.80. The highest BCUT2D eigenvalue weighted by Gasteiger charge is 2.27. The third-order valence-electron chi connectivity index (χ3n) is 2.31. The van der Waals surface area contributed by atoms with Crippen LogP contribution in [0.1, 0.15) is 12.6 Å². The number of carbonyl (C=O) groups excluding carboxylic acids is 1. The molecule has 0 atom stereocenters. The number of hydrogen-bond donors (Lipinski definition) is 2. The Morgan fingerprint density at radius 1 is 1.47 bits per heavy atom. The Morgan fingerprint density at radius 3 is 2.84 bits per heavy atom. The molecule has 0 fully saturated rings. The zero-order valence-corrected chi connectivity index (χ0v) is 10.6. The summed E-state index contributed by atoms with van der Waals surface area (Å²) in [5, 5.41) is 4.94. The van der Waals surface area contributed by atoms with E-state index in [1.165, 1.54) is 10.9 Å². The van der Waals surface area contributed by atoms with Crippen LogP contribution < -0.4 is 10.6 Å². The largest absolute Gasteiger partial charge is 0.405 e. The van der Waals surface area contributed by atoms with E-state index in [1.54, 1.807) is 6.20 Å². The number of carbonyl (C=O) groups is 1. The SMILES string of the molecule is CCNCCc1cn(CC(=O)NCC(F)(F)F)cn1. The van der Waals surface area contributed by atoms with Gasteiger partial charge in [0.2, 0.25) is 5.91 Å². The average Bonchev–Trinajstić information content (AvgIpc) is 2.74. The second-order valence-corrected chi connectivity index (χ2v) is 4.03. The normalized spacial score (nSPS) is 11.6. The van der Waals surface area contributed by atoms with Gasteiger partial charge in [-0.3, -0.25) is 4.79 Å². The van der Waals surface area contributed by atoms with Crippen molar-refractivity contribution in [2.45, 2.75) is 26.1 Å². The van der Waals surface area contributed by atoms with E-state index < -0.39 is 18.6 Å². The first-order chi connectivity index (χ1) is 8.90. The quantitative estimate of drug-likeness (QED) is 0.722. The molecule has 0 aliphatic rings. The number of rotatable bonds is 7. The molecule has 1 rings (SSSR count). The maximum Gasteiger partial charge on any atom is 0.405 e. The van der Waals surface area contributed by atoms with Crippen molar-refractivity contribution < 1.29 is 18.0 Å². The first kappa shape index (κ1) is 15.5. The number of nitrogens with one attached hydrogen (secondary N) is 2. The minimum absolute atomic E-state index is 0.162. The molecule has 2 N–H and O–H groups in total. The van der Waals surface area contributed by atoms with Crippen molar-refractivity contribution in [1.29, 1.82) is 0 Å². The minimum atomic E-state index is -4.39. The van der Waals surface area contributed by atoms with Crippen molar-refractivity contribution >= 4 is 5.91 Å². The molecule has 0 spiro atoms. The molecule has 0 aliphatic heterocycles. The van der Waals surface area contributed by atoms with Gasteiger partial charge in [0.15, 0.2) is 0 Å². The summed E-state index contributed by atoms with van der Waals surface area (Å²) in [5.41, 5.74) is 0.796. The maximum atomic E-state index is 11.9. The summed E-state index contributed by atoms with van der Waals surface area (Å²) in [5.74, 6) is -0.687.